The molecule has 0 spiro atoms. The molecule has 1 aromatic carbocycles. The van der Waals surface area contributed by atoms with Crippen molar-refractivity contribution >= 4 is 17.5 Å². The third-order valence-corrected chi connectivity index (χ3v) is 5.51. The highest BCUT2D eigenvalue weighted by atomic mass is 35.5. The molecular formula is C19H24ClN3O3. The van der Waals surface area contributed by atoms with E-state index in [4.69, 9.17) is 11.6 Å². The smallest absolute Gasteiger partial charge is 0.255 e. The minimum absolute atomic E-state index is 0.146. The van der Waals surface area contributed by atoms with Crippen LogP contribution in [0.25, 0.3) is 5.69 Å². The lowest BCUT2D eigenvalue weighted by Gasteiger charge is -2.45. The van der Waals surface area contributed by atoms with Gasteiger partial charge in [-0.15, -0.1) is 0 Å². The lowest BCUT2D eigenvalue weighted by atomic mass is 9.74. The summed E-state index contributed by atoms with van der Waals surface area (Å²) in [7, 11) is 0. The Morgan fingerprint density at radius 2 is 2.27 bits per heavy atom. The number of hydrogen-bond acceptors (Lipinski definition) is 4. The quantitative estimate of drug-likeness (QED) is 0.839. The number of aliphatic hydroxyl groups excluding tert-OH is 2. The van der Waals surface area contributed by atoms with Gasteiger partial charge in [0, 0.05) is 30.9 Å². The standard InChI is InChI=1S/C19H24ClN3O3/c1-2-7-19(13-24)12-22(10-6-17(19)25)18(26)15-11-14(4-5-16(15)20)23-9-3-8-21-23/h3-5,8-9,11,17,24-25H,2,6-7,10,12-13H2,1H3/t17-,19+/m1/s1. The number of hydrogen-bond donors (Lipinski definition) is 2. The van der Waals surface area contributed by atoms with E-state index in [-0.39, 0.29) is 12.5 Å². The first kappa shape index (κ1) is 18.9. The minimum atomic E-state index is -0.672. The third-order valence-electron chi connectivity index (χ3n) is 5.18. The van der Waals surface area contributed by atoms with Gasteiger partial charge in [-0.05, 0) is 37.1 Å². The molecule has 140 valence electrons. The summed E-state index contributed by atoms with van der Waals surface area (Å²) in [5.41, 5.74) is 0.482. The Balaban J connectivity index is 1.88. The van der Waals surface area contributed by atoms with Crippen LogP contribution in [-0.4, -0.2) is 56.6 Å². The zero-order valence-electron chi connectivity index (χ0n) is 14.8. The number of piperidine rings is 1. The second-order valence-electron chi connectivity index (χ2n) is 6.92. The molecule has 2 atom stereocenters. The molecule has 0 aliphatic carbocycles. The van der Waals surface area contributed by atoms with Crippen LogP contribution >= 0.6 is 11.6 Å². The van der Waals surface area contributed by atoms with Crippen LogP contribution in [0.4, 0.5) is 0 Å². The van der Waals surface area contributed by atoms with E-state index < -0.39 is 11.5 Å². The second-order valence-corrected chi connectivity index (χ2v) is 7.32. The highest BCUT2D eigenvalue weighted by molar-refractivity contribution is 6.33. The Bertz CT molecular complexity index is 765. The molecule has 2 heterocycles. The van der Waals surface area contributed by atoms with E-state index in [2.05, 4.69) is 5.10 Å². The molecule has 1 aliphatic rings. The summed E-state index contributed by atoms with van der Waals surface area (Å²) in [5, 5.41) is 24.9. The van der Waals surface area contributed by atoms with Crippen molar-refractivity contribution in [3.63, 3.8) is 0 Å². The van der Waals surface area contributed by atoms with E-state index in [1.807, 2.05) is 13.0 Å². The summed E-state index contributed by atoms with van der Waals surface area (Å²) in [5.74, 6) is -0.190. The lowest BCUT2D eigenvalue weighted by molar-refractivity contribution is -0.0720. The number of likely N-dealkylation sites (tertiary alicyclic amines) is 1. The maximum Gasteiger partial charge on any atom is 0.255 e. The van der Waals surface area contributed by atoms with Gasteiger partial charge < -0.3 is 15.1 Å². The molecule has 7 heteroatoms. The van der Waals surface area contributed by atoms with Crippen LogP contribution < -0.4 is 0 Å². The van der Waals surface area contributed by atoms with Crippen LogP contribution in [0.3, 0.4) is 0 Å². The molecule has 0 saturated carbocycles. The van der Waals surface area contributed by atoms with Crippen molar-refractivity contribution in [1.82, 2.24) is 14.7 Å². The normalized spacial score (nSPS) is 23.2. The summed E-state index contributed by atoms with van der Waals surface area (Å²) in [4.78, 5) is 14.8. The summed E-state index contributed by atoms with van der Waals surface area (Å²) >= 11 is 6.29. The highest BCUT2D eigenvalue weighted by Crippen LogP contribution is 2.35. The number of rotatable bonds is 5. The predicted molar refractivity (Wildman–Crippen MR) is 99.5 cm³/mol. The number of aliphatic hydroxyl groups is 2. The van der Waals surface area contributed by atoms with Crippen LogP contribution in [-0.2, 0) is 0 Å². The fraction of sp³-hybridized carbons (Fsp3) is 0.474. The van der Waals surface area contributed by atoms with Gasteiger partial charge in [0.05, 0.1) is 29.0 Å². The SMILES string of the molecule is CCC[C@@]1(CO)CN(C(=O)c2cc(-n3cccn3)ccc2Cl)CC[C@H]1O. The first-order valence-electron chi connectivity index (χ1n) is 8.88. The molecule has 2 N–H and O–H groups in total. The molecule has 2 aromatic rings. The summed E-state index contributed by atoms with van der Waals surface area (Å²) in [6.45, 7) is 2.62. The van der Waals surface area contributed by atoms with Crippen LogP contribution in [0.1, 0.15) is 36.5 Å². The molecule has 0 radical (unpaired) electrons. The number of carbonyl (C=O) groups excluding carboxylic acids is 1. The number of amides is 1. The molecule has 0 bridgehead atoms. The molecule has 6 nitrogen and oxygen atoms in total. The van der Waals surface area contributed by atoms with Crippen LogP contribution in [0, 0.1) is 5.41 Å². The van der Waals surface area contributed by atoms with Gasteiger partial charge in [-0.3, -0.25) is 4.79 Å². The van der Waals surface area contributed by atoms with Crippen LogP contribution in [0.15, 0.2) is 36.7 Å². The van der Waals surface area contributed by atoms with Gasteiger partial charge >= 0.3 is 0 Å². The van der Waals surface area contributed by atoms with Gasteiger partial charge in [0.1, 0.15) is 0 Å². The van der Waals surface area contributed by atoms with Crippen molar-refractivity contribution in [2.75, 3.05) is 19.7 Å². The Hall–Kier alpha value is -1.89. The number of aromatic nitrogens is 2. The second kappa shape index (κ2) is 7.78. The van der Waals surface area contributed by atoms with E-state index in [1.165, 1.54) is 0 Å². The van der Waals surface area contributed by atoms with E-state index in [0.29, 0.717) is 36.5 Å². The van der Waals surface area contributed by atoms with E-state index >= 15 is 0 Å². The molecule has 0 unspecified atom stereocenters. The van der Waals surface area contributed by atoms with E-state index in [9.17, 15) is 15.0 Å². The minimum Gasteiger partial charge on any atom is -0.396 e. The van der Waals surface area contributed by atoms with Gasteiger partial charge in [0.15, 0.2) is 0 Å². The zero-order chi connectivity index (χ0) is 18.7. The topological polar surface area (TPSA) is 78.6 Å². The zero-order valence-corrected chi connectivity index (χ0v) is 15.6. The van der Waals surface area contributed by atoms with Crippen molar-refractivity contribution in [3.05, 3.63) is 47.2 Å². The molecule has 26 heavy (non-hydrogen) atoms. The fourth-order valence-electron chi connectivity index (χ4n) is 3.71. The molecule has 1 saturated heterocycles. The Morgan fingerprint density at radius 3 is 2.92 bits per heavy atom. The molecule has 1 aliphatic heterocycles. The van der Waals surface area contributed by atoms with Gasteiger partial charge in [-0.2, -0.15) is 5.10 Å². The van der Waals surface area contributed by atoms with Crippen LogP contribution in [0.5, 0.6) is 0 Å². The molecule has 1 aromatic heterocycles. The molecule has 1 amide bonds. The Morgan fingerprint density at radius 1 is 1.46 bits per heavy atom. The van der Waals surface area contributed by atoms with Gasteiger partial charge in [0.2, 0.25) is 0 Å². The van der Waals surface area contributed by atoms with Crippen LogP contribution in [0.2, 0.25) is 5.02 Å². The van der Waals surface area contributed by atoms with Gasteiger partial charge in [-0.25, -0.2) is 4.68 Å². The van der Waals surface area contributed by atoms with E-state index in [1.54, 1.807) is 40.2 Å². The predicted octanol–water partition coefficient (Wildman–Crippen LogP) is 2.51. The lowest BCUT2D eigenvalue weighted by Crippen LogP contribution is -2.55. The summed E-state index contributed by atoms with van der Waals surface area (Å²) in [6.07, 6.45) is 4.80. The third kappa shape index (κ3) is 3.49. The first-order chi connectivity index (χ1) is 12.5. The Labute approximate surface area is 158 Å². The average molecular weight is 378 g/mol. The monoisotopic (exact) mass is 377 g/mol. The first-order valence-corrected chi connectivity index (χ1v) is 9.26. The number of benzene rings is 1. The molecule has 1 fully saturated rings. The number of nitrogens with zero attached hydrogens (tertiary/aromatic N) is 3. The van der Waals surface area contributed by atoms with Crippen molar-refractivity contribution in [1.29, 1.82) is 0 Å². The van der Waals surface area contributed by atoms with Crippen molar-refractivity contribution in [2.24, 2.45) is 5.41 Å². The van der Waals surface area contributed by atoms with Crippen molar-refractivity contribution in [2.45, 2.75) is 32.3 Å². The number of halogens is 1. The largest absolute Gasteiger partial charge is 0.396 e. The Kier molecular flexibility index (Phi) is 5.65. The maximum absolute atomic E-state index is 13.1. The molecule has 3 rings (SSSR count). The van der Waals surface area contributed by atoms with Gasteiger partial charge in [0.25, 0.3) is 5.91 Å². The summed E-state index contributed by atoms with van der Waals surface area (Å²) < 4.78 is 1.67. The van der Waals surface area contributed by atoms with Crippen molar-refractivity contribution in [3.8, 4) is 5.69 Å². The fourth-order valence-corrected chi connectivity index (χ4v) is 3.91. The highest BCUT2D eigenvalue weighted by Gasteiger charge is 2.43. The average Bonchev–Trinajstić information content (AvgIpc) is 3.18. The van der Waals surface area contributed by atoms with Gasteiger partial charge in [-0.1, -0.05) is 24.9 Å². The summed E-state index contributed by atoms with van der Waals surface area (Å²) in [6, 6.07) is 7.03. The van der Waals surface area contributed by atoms with E-state index in [0.717, 1.165) is 12.1 Å². The van der Waals surface area contributed by atoms with Crippen molar-refractivity contribution < 1.29 is 15.0 Å². The maximum atomic E-state index is 13.1. The number of carbonyl (C=O) groups is 1. The molecular weight excluding hydrogens is 354 g/mol.